The van der Waals surface area contributed by atoms with E-state index < -0.39 is 21.3 Å². The van der Waals surface area contributed by atoms with Gasteiger partial charge in [-0.15, -0.1) is 0 Å². The van der Waals surface area contributed by atoms with Crippen LogP contribution in [0.2, 0.25) is 0 Å². The minimum Gasteiger partial charge on any atom is -0.481 e. The summed E-state index contributed by atoms with van der Waals surface area (Å²) in [6.07, 6.45) is 1.07. The highest BCUT2D eigenvalue weighted by Gasteiger charge is 2.28. The highest BCUT2D eigenvalue weighted by atomic mass is 32.2. The quantitative estimate of drug-likeness (QED) is 0.825. The molecular weight excluding hydrogens is 266 g/mol. The van der Waals surface area contributed by atoms with Crippen LogP contribution in [0.1, 0.15) is 25.8 Å². The van der Waals surface area contributed by atoms with Crippen molar-refractivity contribution in [1.29, 1.82) is 0 Å². The predicted molar refractivity (Wildman–Crippen MR) is 72.8 cm³/mol. The lowest BCUT2D eigenvalue weighted by molar-refractivity contribution is -0.138. The summed E-state index contributed by atoms with van der Waals surface area (Å²) in [5.41, 5.74) is 0.0422. The van der Waals surface area contributed by atoms with Gasteiger partial charge in [0.1, 0.15) is 0 Å². The van der Waals surface area contributed by atoms with Crippen LogP contribution < -0.4 is 5.32 Å². The molecule has 106 valence electrons. The molecule has 5 nitrogen and oxygen atoms in total. The van der Waals surface area contributed by atoms with Crippen molar-refractivity contribution in [3.63, 3.8) is 0 Å². The minimum atomic E-state index is -3.24. The van der Waals surface area contributed by atoms with Crippen molar-refractivity contribution in [3.8, 4) is 0 Å². The molecule has 0 aliphatic carbocycles. The maximum Gasteiger partial charge on any atom is 0.305 e. The molecule has 0 bridgehead atoms. The Morgan fingerprint density at radius 2 is 1.84 bits per heavy atom. The number of carboxylic acids is 1. The second-order valence-electron chi connectivity index (χ2n) is 4.73. The number of carbonyl (C=O) groups is 1. The molecule has 0 saturated heterocycles. The van der Waals surface area contributed by atoms with Crippen molar-refractivity contribution < 1.29 is 18.3 Å². The first kappa shape index (κ1) is 15.7. The first-order valence-corrected chi connectivity index (χ1v) is 7.85. The van der Waals surface area contributed by atoms with E-state index >= 15 is 0 Å². The number of sulfone groups is 1. The summed E-state index contributed by atoms with van der Waals surface area (Å²) >= 11 is 0. The third-order valence-electron chi connectivity index (χ3n) is 2.99. The molecule has 0 spiro atoms. The lowest BCUT2D eigenvalue weighted by atomic mass is 9.88. The van der Waals surface area contributed by atoms with E-state index in [0.29, 0.717) is 6.54 Å². The zero-order valence-corrected chi connectivity index (χ0v) is 12.1. The fraction of sp³-hybridized carbons (Fsp3) is 0.462. The molecule has 0 saturated carbocycles. The summed E-state index contributed by atoms with van der Waals surface area (Å²) in [4.78, 5) is 11.2. The Labute approximate surface area is 113 Å². The molecule has 0 heterocycles. The largest absolute Gasteiger partial charge is 0.481 e. The lowest BCUT2D eigenvalue weighted by Crippen LogP contribution is -2.41. The number of carboxylic acid groups (broad SMARTS) is 1. The van der Waals surface area contributed by atoms with Crippen molar-refractivity contribution in [1.82, 2.24) is 5.32 Å². The SMILES string of the molecule is CCNC(C)(CC(=O)O)c1ccc(S(C)(=O)=O)cc1. The molecule has 1 rings (SSSR count). The van der Waals surface area contributed by atoms with Gasteiger partial charge in [0, 0.05) is 6.26 Å². The third-order valence-corrected chi connectivity index (χ3v) is 4.12. The van der Waals surface area contributed by atoms with Crippen molar-refractivity contribution >= 4 is 15.8 Å². The molecule has 0 fully saturated rings. The number of benzene rings is 1. The molecule has 6 heteroatoms. The molecule has 1 atom stereocenters. The summed E-state index contributed by atoms with van der Waals surface area (Å²) in [7, 11) is -3.24. The highest BCUT2D eigenvalue weighted by molar-refractivity contribution is 7.90. The first-order chi connectivity index (χ1) is 8.69. The van der Waals surface area contributed by atoms with E-state index in [1.165, 1.54) is 12.1 Å². The maximum absolute atomic E-state index is 11.4. The van der Waals surface area contributed by atoms with Crippen LogP contribution in [-0.2, 0) is 20.2 Å². The molecule has 0 amide bonds. The van der Waals surface area contributed by atoms with Crippen LogP contribution in [0.4, 0.5) is 0 Å². The molecule has 1 aromatic carbocycles. The first-order valence-electron chi connectivity index (χ1n) is 5.96. The van der Waals surface area contributed by atoms with E-state index in [0.717, 1.165) is 11.8 Å². The summed E-state index contributed by atoms with van der Waals surface area (Å²) in [6, 6.07) is 6.31. The average molecular weight is 285 g/mol. The smallest absolute Gasteiger partial charge is 0.305 e. The zero-order chi connectivity index (χ0) is 14.7. The van der Waals surface area contributed by atoms with Gasteiger partial charge in [-0.1, -0.05) is 19.1 Å². The van der Waals surface area contributed by atoms with E-state index in [4.69, 9.17) is 5.11 Å². The van der Waals surface area contributed by atoms with E-state index in [1.807, 2.05) is 6.92 Å². The van der Waals surface area contributed by atoms with Crippen molar-refractivity contribution in [2.75, 3.05) is 12.8 Å². The van der Waals surface area contributed by atoms with Crippen LogP contribution >= 0.6 is 0 Å². The maximum atomic E-state index is 11.4. The second kappa shape index (κ2) is 5.71. The summed E-state index contributed by atoms with van der Waals surface area (Å²) in [6.45, 7) is 4.31. The standard InChI is InChI=1S/C13H19NO4S/c1-4-14-13(2,9-12(15)16)10-5-7-11(8-6-10)19(3,17)18/h5-8,14H,4,9H2,1-3H3,(H,15,16). The van der Waals surface area contributed by atoms with Crippen LogP contribution in [-0.4, -0.2) is 32.3 Å². The third kappa shape index (κ3) is 4.04. The van der Waals surface area contributed by atoms with Gasteiger partial charge >= 0.3 is 5.97 Å². The molecule has 0 aliphatic rings. The van der Waals surface area contributed by atoms with Gasteiger partial charge in [0.05, 0.1) is 16.9 Å². The Kier molecular flexibility index (Phi) is 4.70. The van der Waals surface area contributed by atoms with Gasteiger partial charge in [-0.05, 0) is 31.2 Å². The van der Waals surface area contributed by atoms with Crippen molar-refractivity contribution in [3.05, 3.63) is 29.8 Å². The van der Waals surface area contributed by atoms with E-state index in [9.17, 15) is 13.2 Å². The van der Waals surface area contributed by atoms with Gasteiger partial charge in [-0.2, -0.15) is 0 Å². The van der Waals surface area contributed by atoms with Gasteiger partial charge in [-0.25, -0.2) is 8.42 Å². The Morgan fingerprint density at radius 1 is 1.32 bits per heavy atom. The van der Waals surface area contributed by atoms with Crippen LogP contribution in [0, 0.1) is 0 Å². The normalized spacial score (nSPS) is 14.9. The molecule has 0 aliphatic heterocycles. The Bertz CT molecular complexity index is 551. The van der Waals surface area contributed by atoms with Crippen LogP contribution in [0.15, 0.2) is 29.2 Å². The molecule has 0 radical (unpaired) electrons. The zero-order valence-electron chi connectivity index (χ0n) is 11.3. The van der Waals surface area contributed by atoms with Gasteiger partial charge in [-0.3, -0.25) is 4.79 Å². The number of rotatable bonds is 6. The van der Waals surface area contributed by atoms with Gasteiger partial charge in [0.25, 0.3) is 0 Å². The Hall–Kier alpha value is -1.40. The summed E-state index contributed by atoms with van der Waals surface area (Å²) < 4.78 is 22.8. The van der Waals surface area contributed by atoms with Crippen LogP contribution in [0.25, 0.3) is 0 Å². The highest BCUT2D eigenvalue weighted by Crippen LogP contribution is 2.25. The van der Waals surface area contributed by atoms with Crippen molar-refractivity contribution in [2.45, 2.75) is 30.7 Å². The van der Waals surface area contributed by atoms with Gasteiger partial charge in [0.15, 0.2) is 9.84 Å². The monoisotopic (exact) mass is 285 g/mol. The number of aliphatic carboxylic acids is 1. The van der Waals surface area contributed by atoms with Gasteiger partial charge < -0.3 is 10.4 Å². The number of hydrogen-bond donors (Lipinski definition) is 2. The number of nitrogens with one attached hydrogen (secondary N) is 1. The fourth-order valence-corrected chi connectivity index (χ4v) is 2.66. The molecule has 2 N–H and O–H groups in total. The topological polar surface area (TPSA) is 83.5 Å². The van der Waals surface area contributed by atoms with Crippen LogP contribution in [0.3, 0.4) is 0 Å². The van der Waals surface area contributed by atoms with Crippen molar-refractivity contribution in [2.24, 2.45) is 0 Å². The van der Waals surface area contributed by atoms with E-state index in [2.05, 4.69) is 5.32 Å². The second-order valence-corrected chi connectivity index (χ2v) is 6.75. The van der Waals surface area contributed by atoms with Crippen LogP contribution in [0.5, 0.6) is 0 Å². The Morgan fingerprint density at radius 3 is 2.21 bits per heavy atom. The lowest BCUT2D eigenvalue weighted by Gasteiger charge is -2.29. The summed E-state index contributed by atoms with van der Waals surface area (Å²) in [5.74, 6) is -0.907. The molecule has 19 heavy (non-hydrogen) atoms. The minimum absolute atomic E-state index is 0.0704. The molecular formula is C13H19NO4S. The van der Waals surface area contributed by atoms with E-state index in [-0.39, 0.29) is 11.3 Å². The number of hydrogen-bond acceptors (Lipinski definition) is 4. The van der Waals surface area contributed by atoms with E-state index in [1.54, 1.807) is 19.1 Å². The molecule has 0 aromatic heterocycles. The Balaban J connectivity index is 3.14. The average Bonchev–Trinajstić information content (AvgIpc) is 2.27. The fourth-order valence-electron chi connectivity index (χ4n) is 2.03. The predicted octanol–water partition coefficient (Wildman–Crippen LogP) is 1.39. The summed E-state index contributed by atoms with van der Waals surface area (Å²) in [5, 5.41) is 12.1. The molecule has 1 aromatic rings. The van der Waals surface area contributed by atoms with Gasteiger partial charge in [0.2, 0.25) is 0 Å². The molecule has 1 unspecified atom stereocenters.